The maximum absolute atomic E-state index is 4.81. The first-order valence-electron chi connectivity index (χ1n) is 15.3. The van der Waals surface area contributed by atoms with Gasteiger partial charge in [0, 0.05) is 11.8 Å². The molecule has 1 aliphatic rings. The molecular weight excluding hydrogens is 422 g/mol. The highest BCUT2D eigenvalue weighted by atomic mass is 14.7. The summed E-state index contributed by atoms with van der Waals surface area (Å²) in [7, 11) is 0. The summed E-state index contributed by atoms with van der Waals surface area (Å²) in [5.74, 6) is 1.95. The number of hydrogen-bond acceptors (Lipinski definition) is 1. The van der Waals surface area contributed by atoms with Crippen LogP contribution in [0, 0.1) is 11.8 Å². The third-order valence-corrected chi connectivity index (χ3v) is 8.42. The predicted octanol–water partition coefficient (Wildman–Crippen LogP) is 10.8. The molecule has 1 fully saturated rings. The molecule has 194 valence electrons. The lowest BCUT2D eigenvalue weighted by Crippen LogP contribution is -2.15. The van der Waals surface area contributed by atoms with E-state index in [2.05, 4.69) is 56.4 Å². The summed E-state index contributed by atoms with van der Waals surface area (Å²) in [4.78, 5) is 4.81. The lowest BCUT2D eigenvalue weighted by Gasteiger charge is -2.28. The Balaban J connectivity index is 1.32. The van der Waals surface area contributed by atoms with E-state index in [1.165, 1.54) is 139 Å². The zero-order valence-electron chi connectivity index (χ0n) is 23.1. The van der Waals surface area contributed by atoms with Crippen molar-refractivity contribution in [3.8, 4) is 11.3 Å². The van der Waals surface area contributed by atoms with E-state index in [9.17, 15) is 0 Å². The standard InChI is InChI=1S/C34H53N/c1-3-5-7-9-11-13-15-30-22-25-33(26-23-30)34-27-24-32(28-35-34)21-20-31-18-16-29(17-19-31)14-12-10-8-6-4-2/h22-29,31H,3-21H2,1-2H3. The fourth-order valence-electron chi connectivity index (χ4n) is 5.91. The molecule has 2 aromatic rings. The normalized spacial score (nSPS) is 18.1. The lowest BCUT2D eigenvalue weighted by atomic mass is 9.78. The van der Waals surface area contributed by atoms with Crippen LogP contribution in [0.25, 0.3) is 11.3 Å². The van der Waals surface area contributed by atoms with Crippen LogP contribution in [0.1, 0.15) is 134 Å². The number of aromatic nitrogens is 1. The molecule has 1 heteroatoms. The van der Waals surface area contributed by atoms with Crippen LogP contribution in [0.4, 0.5) is 0 Å². The molecule has 0 bridgehead atoms. The average Bonchev–Trinajstić information content (AvgIpc) is 2.91. The maximum Gasteiger partial charge on any atom is 0.0702 e. The third kappa shape index (κ3) is 10.9. The Kier molecular flexibility index (Phi) is 13.5. The van der Waals surface area contributed by atoms with Crippen molar-refractivity contribution in [2.24, 2.45) is 11.8 Å². The van der Waals surface area contributed by atoms with E-state index in [1.54, 1.807) is 0 Å². The first-order valence-corrected chi connectivity index (χ1v) is 15.3. The number of aryl methyl sites for hydroxylation is 2. The number of unbranched alkanes of at least 4 members (excludes halogenated alkanes) is 9. The number of hydrogen-bond donors (Lipinski definition) is 0. The summed E-state index contributed by atoms with van der Waals surface area (Å²) in [6.45, 7) is 4.59. The van der Waals surface area contributed by atoms with Crippen molar-refractivity contribution in [2.75, 3.05) is 0 Å². The molecule has 1 heterocycles. The fourth-order valence-corrected chi connectivity index (χ4v) is 5.91. The van der Waals surface area contributed by atoms with E-state index in [4.69, 9.17) is 4.98 Å². The number of rotatable bonds is 17. The minimum atomic E-state index is 0.935. The number of pyridine rings is 1. The summed E-state index contributed by atoms with van der Waals surface area (Å²) in [5, 5.41) is 0. The first kappa shape index (κ1) is 27.9. The van der Waals surface area contributed by atoms with Crippen molar-refractivity contribution in [1.29, 1.82) is 0 Å². The second-order valence-corrected chi connectivity index (χ2v) is 11.4. The van der Waals surface area contributed by atoms with Crippen LogP contribution in [-0.4, -0.2) is 4.98 Å². The smallest absolute Gasteiger partial charge is 0.0702 e. The summed E-state index contributed by atoms with van der Waals surface area (Å²) in [5.41, 5.74) is 5.23. The molecule has 35 heavy (non-hydrogen) atoms. The van der Waals surface area contributed by atoms with Crippen molar-refractivity contribution >= 4 is 0 Å². The van der Waals surface area contributed by atoms with Gasteiger partial charge >= 0.3 is 0 Å². The van der Waals surface area contributed by atoms with Crippen molar-refractivity contribution < 1.29 is 0 Å². The summed E-state index contributed by atoms with van der Waals surface area (Å²) < 4.78 is 0. The van der Waals surface area contributed by atoms with E-state index < -0.39 is 0 Å². The van der Waals surface area contributed by atoms with E-state index in [1.807, 2.05) is 0 Å². The van der Waals surface area contributed by atoms with E-state index in [0.717, 1.165) is 17.5 Å². The maximum atomic E-state index is 4.81. The average molecular weight is 476 g/mol. The molecule has 0 radical (unpaired) electrons. The minimum Gasteiger partial charge on any atom is -0.256 e. The molecule has 0 N–H and O–H groups in total. The number of benzene rings is 1. The molecule has 0 spiro atoms. The Bertz CT molecular complexity index is 767. The van der Waals surface area contributed by atoms with Crippen molar-refractivity contribution in [2.45, 2.75) is 136 Å². The Morgan fingerprint density at radius 3 is 1.77 bits per heavy atom. The van der Waals surface area contributed by atoms with Crippen LogP contribution in [0.2, 0.25) is 0 Å². The van der Waals surface area contributed by atoms with Crippen LogP contribution in [0.3, 0.4) is 0 Å². The molecule has 0 unspecified atom stereocenters. The Labute approximate surface area is 217 Å². The lowest BCUT2D eigenvalue weighted by molar-refractivity contribution is 0.248. The largest absolute Gasteiger partial charge is 0.256 e. The second kappa shape index (κ2) is 16.9. The Morgan fingerprint density at radius 2 is 1.14 bits per heavy atom. The van der Waals surface area contributed by atoms with Gasteiger partial charge in [-0.25, -0.2) is 0 Å². The van der Waals surface area contributed by atoms with Gasteiger partial charge in [0.05, 0.1) is 5.69 Å². The summed E-state index contributed by atoms with van der Waals surface area (Å²) in [6, 6.07) is 13.7. The highest BCUT2D eigenvalue weighted by Crippen LogP contribution is 2.34. The second-order valence-electron chi connectivity index (χ2n) is 11.4. The fraction of sp³-hybridized carbons (Fsp3) is 0.676. The topological polar surface area (TPSA) is 12.9 Å². The SMILES string of the molecule is CCCCCCCCc1ccc(-c2ccc(CCC3CCC(CCCCCCC)CC3)cn2)cc1. The van der Waals surface area contributed by atoms with Crippen molar-refractivity contribution in [3.63, 3.8) is 0 Å². The highest BCUT2D eigenvalue weighted by molar-refractivity contribution is 5.59. The summed E-state index contributed by atoms with van der Waals surface area (Å²) >= 11 is 0. The first-order chi connectivity index (χ1) is 17.3. The third-order valence-electron chi connectivity index (χ3n) is 8.42. The molecule has 1 nitrogen and oxygen atoms in total. The van der Waals surface area contributed by atoms with Gasteiger partial charge < -0.3 is 0 Å². The zero-order valence-corrected chi connectivity index (χ0v) is 23.1. The Hall–Kier alpha value is -1.63. The van der Waals surface area contributed by atoms with E-state index in [-0.39, 0.29) is 0 Å². The van der Waals surface area contributed by atoms with E-state index >= 15 is 0 Å². The van der Waals surface area contributed by atoms with Crippen LogP contribution in [-0.2, 0) is 12.8 Å². The van der Waals surface area contributed by atoms with Gasteiger partial charge in [0.15, 0.2) is 0 Å². The molecule has 3 rings (SSSR count). The molecule has 1 aromatic heterocycles. The van der Waals surface area contributed by atoms with Crippen LogP contribution >= 0.6 is 0 Å². The van der Waals surface area contributed by atoms with Gasteiger partial charge in [0.1, 0.15) is 0 Å². The van der Waals surface area contributed by atoms with Crippen molar-refractivity contribution in [1.82, 2.24) is 4.98 Å². The molecular formula is C34H53N. The van der Waals surface area contributed by atoms with Gasteiger partial charge in [0.25, 0.3) is 0 Å². The van der Waals surface area contributed by atoms with Gasteiger partial charge in [0.2, 0.25) is 0 Å². The van der Waals surface area contributed by atoms with Gasteiger partial charge in [-0.15, -0.1) is 0 Å². The van der Waals surface area contributed by atoms with Gasteiger partial charge in [-0.3, -0.25) is 4.98 Å². The molecule has 1 saturated carbocycles. The van der Waals surface area contributed by atoms with Crippen LogP contribution < -0.4 is 0 Å². The highest BCUT2D eigenvalue weighted by Gasteiger charge is 2.20. The zero-order chi connectivity index (χ0) is 24.6. The predicted molar refractivity (Wildman–Crippen MR) is 154 cm³/mol. The monoisotopic (exact) mass is 475 g/mol. The molecule has 0 atom stereocenters. The Morgan fingerprint density at radius 1 is 0.571 bits per heavy atom. The van der Waals surface area contributed by atoms with E-state index in [0.29, 0.717) is 0 Å². The number of nitrogens with zero attached hydrogens (tertiary/aromatic N) is 1. The van der Waals surface area contributed by atoms with Crippen LogP contribution in [0.5, 0.6) is 0 Å². The van der Waals surface area contributed by atoms with Gasteiger partial charge in [-0.05, 0) is 54.7 Å². The van der Waals surface area contributed by atoms with Crippen molar-refractivity contribution in [3.05, 3.63) is 53.7 Å². The molecule has 1 aromatic carbocycles. The minimum absolute atomic E-state index is 0.935. The molecule has 1 aliphatic carbocycles. The molecule has 0 amide bonds. The molecule has 0 saturated heterocycles. The van der Waals surface area contributed by atoms with Crippen LogP contribution in [0.15, 0.2) is 42.6 Å². The van der Waals surface area contributed by atoms with Gasteiger partial charge in [-0.2, -0.15) is 0 Å². The summed E-state index contributed by atoms with van der Waals surface area (Å²) in [6.07, 6.45) is 28.6. The molecule has 0 aliphatic heterocycles. The van der Waals surface area contributed by atoms with Gasteiger partial charge in [-0.1, -0.05) is 140 Å². The quantitative estimate of drug-likeness (QED) is 0.207.